The number of hydrogen-bond acceptors (Lipinski definition) is 6. The van der Waals surface area contributed by atoms with E-state index < -0.39 is 29.9 Å². The van der Waals surface area contributed by atoms with Crippen LogP contribution in [-0.4, -0.2) is 17.9 Å². The normalized spacial score (nSPS) is 4.89. The molecule has 0 aliphatic heterocycles. The Morgan fingerprint density at radius 2 is 0.324 bits per heavy atom. The van der Waals surface area contributed by atoms with Gasteiger partial charge in [-0.3, -0.25) is 4.79 Å². The Morgan fingerprint density at radius 1 is 0.186 bits per heavy atom. The molecule has 0 aromatic heterocycles. The summed E-state index contributed by atoms with van der Waals surface area (Å²) in [6.07, 6.45) is 20.6. The van der Waals surface area contributed by atoms with Gasteiger partial charge in [0.05, 0.1) is 12.0 Å². The smallest absolute Gasteiger partial charge is 0.348 e. The molecule has 0 bridgehead atoms. The number of carbonyl (C=O) groups excluding carboxylic acids is 3. The van der Waals surface area contributed by atoms with E-state index in [-0.39, 0.29) is 0 Å². The van der Waals surface area contributed by atoms with E-state index in [1.165, 1.54) is 0 Å². The first kappa shape index (κ1) is 80.3. The third kappa shape index (κ3) is 67.5. The van der Waals surface area contributed by atoms with E-state index in [1.807, 2.05) is 18.3 Å². The summed E-state index contributed by atoms with van der Waals surface area (Å²) in [6, 6.07) is 0. The SMILES string of the molecule is C#CC#CC#CC#CC#CC#CC#CC#CC#CC#CC#CC#CC#CC#CC#COC(=O)/C=C(\CC(=O)OC#CC#CC#CC#CC#CC#CC#CC#CC#CC#CC#CC#CC#CC#CC#C)C(=O)OC#CC#CC#CC#CC#CC#CC#CC#CC#CC#CC#CC#CC#CC#CC#C. The van der Waals surface area contributed by atoms with E-state index >= 15 is 0 Å². The summed E-state index contributed by atoms with van der Waals surface area (Å²) in [7, 11) is 0. The first-order chi connectivity index (χ1) is 50.5. The Kier molecular flexibility index (Phi) is 56.6. The molecule has 6 nitrogen and oxygen atoms in total. The molecule has 0 spiro atoms. The quantitative estimate of drug-likeness (QED) is 0.169. The molecule has 0 atom stereocenters. The lowest BCUT2D eigenvalue weighted by atomic mass is 10.2. The fourth-order valence-corrected chi connectivity index (χ4v) is 3.37. The molecule has 0 unspecified atom stereocenters. The molecule has 0 aromatic carbocycles. The number of carbonyl (C=O) groups is 3. The van der Waals surface area contributed by atoms with Crippen LogP contribution in [0.5, 0.6) is 0 Å². The maximum Gasteiger partial charge on any atom is 0.348 e. The Morgan fingerprint density at radius 3 is 0.490 bits per heavy atom. The van der Waals surface area contributed by atoms with Crippen molar-refractivity contribution in [3.63, 3.8) is 0 Å². The molecule has 0 heterocycles. The van der Waals surface area contributed by atoms with Gasteiger partial charge < -0.3 is 14.2 Å². The second-order valence-electron chi connectivity index (χ2n) is 13.0. The van der Waals surface area contributed by atoms with Crippen LogP contribution in [0.3, 0.4) is 0 Å². The summed E-state index contributed by atoms with van der Waals surface area (Å²) in [5.74, 6) is 199. The molecule has 0 rings (SSSR count). The lowest BCUT2D eigenvalue weighted by molar-refractivity contribution is -0.139. The predicted octanol–water partition coefficient (Wildman–Crippen LogP) is -0.153. The molecular formula is C96H6O6. The van der Waals surface area contributed by atoms with Gasteiger partial charge in [0.25, 0.3) is 0 Å². The van der Waals surface area contributed by atoms with Gasteiger partial charge in [0.15, 0.2) is 0 Å². The highest BCUT2D eigenvalue weighted by Gasteiger charge is 2.18. The molecule has 6 heteroatoms. The van der Waals surface area contributed by atoms with Crippen molar-refractivity contribution in [3.05, 3.63) is 11.6 Å². The summed E-state index contributed by atoms with van der Waals surface area (Å²) >= 11 is 0. The Balaban J connectivity index is 5.91. The van der Waals surface area contributed by atoms with Gasteiger partial charge in [0.1, 0.15) is 18.3 Å². The minimum atomic E-state index is -1.28. The zero-order valence-corrected chi connectivity index (χ0v) is 51.0. The van der Waals surface area contributed by atoms with Crippen molar-refractivity contribution in [3.8, 4) is 535 Å². The van der Waals surface area contributed by atoms with Gasteiger partial charge in [0.2, 0.25) is 0 Å². The third-order valence-electron chi connectivity index (χ3n) is 6.59. The van der Waals surface area contributed by atoms with Gasteiger partial charge in [-0.05, 0) is 142 Å². The highest BCUT2D eigenvalue weighted by Crippen LogP contribution is 2.07. The number of terminal acetylenes is 3. The van der Waals surface area contributed by atoms with Gasteiger partial charge >= 0.3 is 17.9 Å². The highest BCUT2D eigenvalue weighted by molar-refractivity contribution is 6.00. The molecule has 0 fully saturated rings. The molecule has 0 aliphatic rings. The molecule has 0 aromatic rings. The fraction of sp³-hybridized carbons (Fsp3) is 0.0104. The molecule has 0 saturated carbocycles. The summed E-state index contributed by atoms with van der Waals surface area (Å²) in [5.41, 5.74) is -0.603. The van der Waals surface area contributed by atoms with Gasteiger partial charge in [-0.1, -0.05) is 0 Å². The van der Waals surface area contributed by atoms with E-state index in [0.717, 1.165) is 0 Å². The molecule has 0 saturated heterocycles. The maximum absolute atomic E-state index is 12.9. The first-order valence-electron chi connectivity index (χ1n) is 25.2. The van der Waals surface area contributed by atoms with Crippen LogP contribution in [0.15, 0.2) is 11.6 Å². The lowest BCUT2D eigenvalue weighted by Crippen LogP contribution is -2.13. The van der Waals surface area contributed by atoms with E-state index in [4.69, 9.17) is 33.5 Å². The average molecular weight is 1260 g/mol. The Hall–Kier alpha value is -21.6. The van der Waals surface area contributed by atoms with Crippen molar-refractivity contribution < 1.29 is 28.6 Å². The van der Waals surface area contributed by atoms with E-state index in [9.17, 15) is 14.4 Å². The first-order valence-corrected chi connectivity index (χ1v) is 25.2. The second kappa shape index (κ2) is 71.8. The van der Waals surface area contributed by atoms with Gasteiger partial charge in [-0.2, -0.15) is 0 Å². The van der Waals surface area contributed by atoms with Crippen molar-refractivity contribution in [2.24, 2.45) is 0 Å². The van der Waals surface area contributed by atoms with Crippen LogP contribution in [-0.2, 0) is 28.6 Å². The minimum absolute atomic E-state index is 0.588. The van der Waals surface area contributed by atoms with Crippen LogP contribution in [0.2, 0.25) is 0 Å². The van der Waals surface area contributed by atoms with E-state index in [1.54, 1.807) is 0 Å². The molecule has 102 heavy (non-hydrogen) atoms. The summed E-state index contributed by atoms with van der Waals surface area (Å²) in [6.45, 7) is 0. The largest absolute Gasteiger partial charge is 0.371 e. The zero-order valence-electron chi connectivity index (χ0n) is 51.0. The van der Waals surface area contributed by atoms with Crippen LogP contribution in [0.1, 0.15) is 6.42 Å². The van der Waals surface area contributed by atoms with Crippen molar-refractivity contribution in [2.75, 3.05) is 0 Å². The third-order valence-corrected chi connectivity index (χ3v) is 6.59. The topological polar surface area (TPSA) is 78.9 Å². The molecule has 0 N–H and O–H groups in total. The number of rotatable bonds is 4. The highest BCUT2D eigenvalue weighted by atomic mass is 16.5. The Labute approximate surface area is 596 Å². The molecule has 0 radical (unpaired) electrons. The van der Waals surface area contributed by atoms with E-state index in [2.05, 4.69) is 497 Å². The lowest BCUT2D eigenvalue weighted by Gasteiger charge is -2.01. The zero-order chi connectivity index (χ0) is 73.4. The van der Waals surface area contributed by atoms with Crippen molar-refractivity contribution >= 4 is 17.9 Å². The van der Waals surface area contributed by atoms with E-state index in [0.29, 0.717) is 6.08 Å². The van der Waals surface area contributed by atoms with Crippen molar-refractivity contribution in [1.82, 2.24) is 0 Å². The molecule has 426 valence electrons. The molecule has 0 aliphatic carbocycles. The second-order valence-corrected chi connectivity index (χ2v) is 13.0. The summed E-state index contributed by atoms with van der Waals surface area (Å²) < 4.78 is 14.3. The molecular weight excluding hydrogens is 1250 g/mol. The maximum atomic E-state index is 12.9. The van der Waals surface area contributed by atoms with Crippen LogP contribution >= 0.6 is 0 Å². The standard InChI is InChI=1S/C96H6O6/c1-4-7-10-13-16-19-22-25-28-31-34-37-40-43-46-49-52-55-58-61-64-67-70-73-76-79-82-85-88-100-94(97)91-93(96(99)102-90-87-84-81-78-75-72-69-66-63-60-57-54-51-48-45-42-39-36-33-30-27-24-21-18-15-12-9-6-3)92-95(98)101-89-86-83-80-77-74-71-68-65-62-59-56-53-50-47-44-41-38-35-32-29-26-23-20-17-14-11-8-5-2/h1-3,91H,92H2/b93-91+. The van der Waals surface area contributed by atoms with Crippen LogP contribution in [0.4, 0.5) is 0 Å². The number of esters is 3. The van der Waals surface area contributed by atoms with Crippen LogP contribution in [0, 0.1) is 535 Å². The predicted molar refractivity (Wildman–Crippen MR) is 384 cm³/mol. The average Bonchev–Trinajstić information content (AvgIpc) is 0.930. The Bertz CT molecular complexity index is 6830. The van der Waals surface area contributed by atoms with Gasteiger partial charge in [0, 0.05) is 361 Å². The van der Waals surface area contributed by atoms with Crippen LogP contribution in [0.25, 0.3) is 0 Å². The number of ether oxygens (including phenoxy) is 3. The monoisotopic (exact) mass is 1250 g/mol. The molecule has 0 amide bonds. The van der Waals surface area contributed by atoms with Crippen molar-refractivity contribution in [2.45, 2.75) is 6.42 Å². The summed E-state index contributed by atoms with van der Waals surface area (Å²) in [4.78, 5) is 38.0. The summed E-state index contributed by atoms with van der Waals surface area (Å²) in [5, 5.41) is 0. The fourth-order valence-electron chi connectivity index (χ4n) is 3.37. The van der Waals surface area contributed by atoms with Crippen LogP contribution < -0.4 is 0 Å². The van der Waals surface area contributed by atoms with Crippen molar-refractivity contribution in [1.29, 1.82) is 0 Å². The van der Waals surface area contributed by atoms with Gasteiger partial charge in [-0.15, -0.1) is 19.3 Å². The number of hydrogen-bond donors (Lipinski definition) is 0. The van der Waals surface area contributed by atoms with Gasteiger partial charge in [-0.25, -0.2) is 9.59 Å². The minimum Gasteiger partial charge on any atom is -0.371 e.